The van der Waals surface area contributed by atoms with Crippen LogP contribution < -0.4 is 16.0 Å². The Hall–Kier alpha value is -1.29. The third-order valence-electron chi connectivity index (χ3n) is 3.92. The first-order chi connectivity index (χ1) is 13.2. The molecule has 0 bridgehead atoms. The molecule has 0 aromatic rings. The van der Waals surface area contributed by atoms with Gasteiger partial charge < -0.3 is 30.2 Å². The van der Waals surface area contributed by atoms with E-state index in [0.29, 0.717) is 33.0 Å². The fourth-order valence-electron chi connectivity index (χ4n) is 1.94. The normalized spacial score (nSPS) is 12.8. The van der Waals surface area contributed by atoms with Gasteiger partial charge >= 0.3 is 0 Å². The zero-order valence-electron chi connectivity index (χ0n) is 17.9. The van der Waals surface area contributed by atoms with E-state index in [4.69, 9.17) is 14.2 Å². The van der Waals surface area contributed by atoms with E-state index in [0.717, 1.165) is 13.1 Å². The van der Waals surface area contributed by atoms with Crippen LogP contribution in [0.15, 0.2) is 0 Å². The van der Waals surface area contributed by atoms with Gasteiger partial charge in [0.2, 0.25) is 11.8 Å². The van der Waals surface area contributed by atoms with Gasteiger partial charge in [-0.25, -0.2) is 4.39 Å². The van der Waals surface area contributed by atoms with Crippen molar-refractivity contribution in [1.29, 1.82) is 0 Å². The Morgan fingerprint density at radius 2 is 1.61 bits per heavy atom. The summed E-state index contributed by atoms with van der Waals surface area (Å²) >= 11 is 0. The van der Waals surface area contributed by atoms with Crippen LogP contribution in [-0.2, 0) is 23.8 Å². The number of amides is 2. The van der Waals surface area contributed by atoms with Gasteiger partial charge in [-0.15, -0.1) is 0 Å². The highest BCUT2D eigenvalue weighted by molar-refractivity contribution is 5.78. The monoisotopic (exact) mass is 407 g/mol. The summed E-state index contributed by atoms with van der Waals surface area (Å²) in [6.45, 7) is 12.2. The number of rotatable bonds is 17. The first-order valence-corrected chi connectivity index (χ1v) is 9.89. The Bertz CT molecular complexity index is 436. The van der Waals surface area contributed by atoms with E-state index in [1.807, 2.05) is 6.92 Å². The Labute approximate surface area is 168 Å². The summed E-state index contributed by atoms with van der Waals surface area (Å²) in [5.74, 6) is -0.787. The van der Waals surface area contributed by atoms with E-state index in [2.05, 4.69) is 16.0 Å². The summed E-state index contributed by atoms with van der Waals surface area (Å²) in [6.07, 6.45) is -1.43. The second-order valence-corrected chi connectivity index (χ2v) is 7.19. The summed E-state index contributed by atoms with van der Waals surface area (Å²) in [4.78, 5) is 23.3. The average molecular weight is 408 g/mol. The predicted octanol–water partition coefficient (Wildman–Crippen LogP) is 0.651. The highest BCUT2D eigenvalue weighted by atomic mass is 19.1. The summed E-state index contributed by atoms with van der Waals surface area (Å²) < 4.78 is 30.4. The molecule has 0 aromatic heterocycles. The van der Waals surface area contributed by atoms with Gasteiger partial charge in [0.15, 0.2) is 0 Å². The lowest BCUT2D eigenvalue weighted by molar-refractivity contribution is -0.137. The van der Waals surface area contributed by atoms with E-state index in [1.54, 1.807) is 27.7 Å². The summed E-state index contributed by atoms with van der Waals surface area (Å²) in [7, 11) is 0. The van der Waals surface area contributed by atoms with Crippen molar-refractivity contribution in [2.24, 2.45) is 5.92 Å². The van der Waals surface area contributed by atoms with Crippen molar-refractivity contribution in [2.45, 2.75) is 46.4 Å². The molecule has 8 nitrogen and oxygen atoms in total. The number of nitrogens with one attached hydrogen (secondary N) is 3. The molecule has 0 rings (SSSR count). The van der Waals surface area contributed by atoms with E-state index in [-0.39, 0.29) is 30.9 Å². The molecule has 0 fully saturated rings. The van der Waals surface area contributed by atoms with Gasteiger partial charge in [0, 0.05) is 19.0 Å². The molecule has 0 spiro atoms. The Morgan fingerprint density at radius 3 is 2.18 bits per heavy atom. The van der Waals surface area contributed by atoms with Crippen LogP contribution in [0.1, 0.15) is 34.6 Å². The average Bonchev–Trinajstić information content (AvgIpc) is 2.65. The fraction of sp³-hybridized carbons (Fsp3) is 0.895. The number of likely N-dealkylation sites (N-methyl/N-ethyl adjacent to an activating group) is 1. The van der Waals surface area contributed by atoms with Crippen molar-refractivity contribution in [2.75, 3.05) is 59.2 Å². The summed E-state index contributed by atoms with van der Waals surface area (Å²) in [5, 5.41) is 8.32. The maximum absolute atomic E-state index is 14.3. The molecule has 166 valence electrons. The molecule has 1 unspecified atom stereocenters. The molecule has 0 saturated heterocycles. The maximum Gasteiger partial charge on any atom is 0.246 e. The lowest BCUT2D eigenvalue weighted by atomic mass is 10.0. The number of ether oxygens (including phenoxy) is 3. The molecule has 9 heteroatoms. The zero-order chi connectivity index (χ0) is 21.4. The smallest absolute Gasteiger partial charge is 0.246 e. The minimum Gasteiger partial charge on any atom is -0.378 e. The predicted molar refractivity (Wildman–Crippen MR) is 106 cm³/mol. The van der Waals surface area contributed by atoms with Gasteiger partial charge in [0.1, 0.15) is 12.8 Å². The van der Waals surface area contributed by atoms with E-state index < -0.39 is 11.8 Å². The minimum absolute atomic E-state index is 0.157. The largest absolute Gasteiger partial charge is 0.378 e. The molecule has 0 aliphatic rings. The first kappa shape index (κ1) is 26.7. The number of halogens is 1. The van der Waals surface area contributed by atoms with Crippen LogP contribution in [0.5, 0.6) is 0 Å². The van der Waals surface area contributed by atoms with Crippen molar-refractivity contribution < 1.29 is 28.2 Å². The van der Waals surface area contributed by atoms with E-state index >= 15 is 0 Å². The number of hydrogen-bond donors (Lipinski definition) is 3. The van der Waals surface area contributed by atoms with Crippen molar-refractivity contribution in [1.82, 2.24) is 16.0 Å². The molecule has 0 heterocycles. The number of carbonyl (C=O) groups excluding carboxylic acids is 2. The zero-order valence-corrected chi connectivity index (χ0v) is 17.9. The standard InChI is InChI=1S/C19H38FN3O5/c1-6-21-7-9-26-11-12-27-10-8-22-17(24)14-28-19(4,5)16(20)13-23-18(25)15(2)3/h15-16,21H,6-14H2,1-5H3,(H,22,24)(H,23,25). The Kier molecular flexibility index (Phi) is 14.9. The van der Waals surface area contributed by atoms with Gasteiger partial charge in [-0.3, -0.25) is 9.59 Å². The fourth-order valence-corrected chi connectivity index (χ4v) is 1.94. The van der Waals surface area contributed by atoms with Crippen LogP contribution in [0, 0.1) is 5.92 Å². The highest BCUT2D eigenvalue weighted by Gasteiger charge is 2.31. The maximum atomic E-state index is 14.3. The number of alkyl halides is 1. The van der Waals surface area contributed by atoms with E-state index in [9.17, 15) is 14.0 Å². The molecule has 1 atom stereocenters. The molecule has 0 saturated carbocycles. The van der Waals surface area contributed by atoms with Crippen molar-refractivity contribution in [3.8, 4) is 0 Å². The lowest BCUT2D eigenvalue weighted by Crippen LogP contribution is -2.46. The SMILES string of the molecule is CCNCCOCCOCCNC(=O)COC(C)(C)C(F)CNC(=O)C(C)C. The van der Waals surface area contributed by atoms with Crippen LogP contribution in [0.2, 0.25) is 0 Å². The third-order valence-corrected chi connectivity index (χ3v) is 3.92. The minimum atomic E-state index is -1.43. The van der Waals surface area contributed by atoms with Crippen molar-refractivity contribution in [3.63, 3.8) is 0 Å². The van der Waals surface area contributed by atoms with Crippen LogP contribution in [0.3, 0.4) is 0 Å². The second-order valence-electron chi connectivity index (χ2n) is 7.19. The molecule has 0 aliphatic carbocycles. The summed E-state index contributed by atoms with van der Waals surface area (Å²) in [6, 6.07) is 0. The number of carbonyl (C=O) groups is 2. The van der Waals surface area contributed by atoms with Gasteiger partial charge in [-0.2, -0.15) is 0 Å². The molecule has 2 amide bonds. The van der Waals surface area contributed by atoms with Gasteiger partial charge in [-0.1, -0.05) is 20.8 Å². The molecule has 3 N–H and O–H groups in total. The molecule has 0 aromatic carbocycles. The van der Waals surface area contributed by atoms with Gasteiger partial charge in [0.05, 0.1) is 38.6 Å². The van der Waals surface area contributed by atoms with Gasteiger partial charge in [0.25, 0.3) is 0 Å². The van der Waals surface area contributed by atoms with E-state index in [1.165, 1.54) is 0 Å². The van der Waals surface area contributed by atoms with Crippen molar-refractivity contribution >= 4 is 11.8 Å². The quantitative estimate of drug-likeness (QED) is 0.306. The first-order valence-electron chi connectivity index (χ1n) is 9.89. The molecule has 28 heavy (non-hydrogen) atoms. The van der Waals surface area contributed by atoms with Crippen molar-refractivity contribution in [3.05, 3.63) is 0 Å². The molecular formula is C19H38FN3O5. The van der Waals surface area contributed by atoms with Crippen LogP contribution in [0.25, 0.3) is 0 Å². The summed E-state index contributed by atoms with van der Waals surface area (Å²) in [5.41, 5.74) is -1.19. The highest BCUT2D eigenvalue weighted by Crippen LogP contribution is 2.17. The Balaban J connectivity index is 3.76. The second kappa shape index (κ2) is 15.6. The molecule has 0 aliphatic heterocycles. The number of hydrogen-bond acceptors (Lipinski definition) is 6. The molecule has 0 radical (unpaired) electrons. The van der Waals surface area contributed by atoms with Crippen LogP contribution in [0.4, 0.5) is 4.39 Å². The van der Waals surface area contributed by atoms with Crippen LogP contribution in [-0.4, -0.2) is 82.8 Å². The lowest BCUT2D eigenvalue weighted by Gasteiger charge is -2.29. The molecular weight excluding hydrogens is 369 g/mol. The van der Waals surface area contributed by atoms with Gasteiger partial charge in [-0.05, 0) is 20.4 Å². The third kappa shape index (κ3) is 13.8. The Morgan fingerprint density at radius 1 is 1.00 bits per heavy atom. The van der Waals surface area contributed by atoms with Crippen LogP contribution >= 0.6 is 0 Å². The topological polar surface area (TPSA) is 97.9 Å².